The Morgan fingerprint density at radius 2 is 1.71 bits per heavy atom. The molecule has 0 aliphatic carbocycles. The fraction of sp³-hybridized carbons (Fsp3) is 0.591. The molecule has 1 aromatic rings. The van der Waals surface area contributed by atoms with Crippen LogP contribution in [0.15, 0.2) is 24.3 Å². The molecule has 6 nitrogen and oxygen atoms in total. The summed E-state index contributed by atoms with van der Waals surface area (Å²) in [7, 11) is 0. The molecular formula is C22H29N3O3. The highest BCUT2D eigenvalue weighted by atomic mass is 16.2. The van der Waals surface area contributed by atoms with Crippen molar-refractivity contribution in [1.29, 1.82) is 0 Å². The van der Waals surface area contributed by atoms with Crippen LogP contribution in [0.2, 0.25) is 0 Å². The number of carbonyl (C=O) groups excluding carboxylic acids is 3. The van der Waals surface area contributed by atoms with E-state index in [0.29, 0.717) is 32.4 Å². The normalized spacial score (nSPS) is 22.7. The van der Waals surface area contributed by atoms with E-state index in [1.54, 1.807) is 0 Å². The first-order chi connectivity index (χ1) is 13.6. The smallest absolute Gasteiger partial charge is 0.227 e. The van der Waals surface area contributed by atoms with Crippen molar-refractivity contribution in [3.63, 3.8) is 0 Å². The number of nitrogens with zero attached hydrogens (tertiary/aromatic N) is 2. The second-order valence-electron chi connectivity index (χ2n) is 8.27. The molecule has 6 heteroatoms. The van der Waals surface area contributed by atoms with Crippen LogP contribution >= 0.6 is 0 Å². The van der Waals surface area contributed by atoms with Crippen molar-refractivity contribution in [2.75, 3.05) is 31.5 Å². The summed E-state index contributed by atoms with van der Waals surface area (Å²) in [6.45, 7) is 3.10. The minimum absolute atomic E-state index is 0.0152. The molecule has 0 aromatic heterocycles. The fourth-order valence-electron chi connectivity index (χ4n) is 4.67. The first-order valence-corrected chi connectivity index (χ1v) is 10.6. The number of benzene rings is 1. The summed E-state index contributed by atoms with van der Waals surface area (Å²) in [5.41, 5.74) is 2.03. The van der Waals surface area contributed by atoms with E-state index >= 15 is 0 Å². The van der Waals surface area contributed by atoms with Crippen LogP contribution in [0, 0.1) is 11.8 Å². The van der Waals surface area contributed by atoms with Crippen molar-refractivity contribution >= 4 is 23.4 Å². The SMILES string of the molecule is O=C1Nc2ccccc2CC1CCC(=O)N1CCC(C(=O)N2CCCC2)CC1. The van der Waals surface area contributed by atoms with E-state index < -0.39 is 0 Å². The van der Waals surface area contributed by atoms with Crippen molar-refractivity contribution < 1.29 is 14.4 Å². The van der Waals surface area contributed by atoms with Crippen LogP contribution in [0.4, 0.5) is 5.69 Å². The second kappa shape index (κ2) is 8.33. The molecule has 3 heterocycles. The number of carbonyl (C=O) groups is 3. The zero-order valence-electron chi connectivity index (χ0n) is 16.4. The topological polar surface area (TPSA) is 69.7 Å². The molecule has 1 atom stereocenters. The van der Waals surface area contributed by atoms with Gasteiger partial charge >= 0.3 is 0 Å². The Morgan fingerprint density at radius 3 is 2.46 bits per heavy atom. The Balaban J connectivity index is 1.24. The fourth-order valence-corrected chi connectivity index (χ4v) is 4.67. The van der Waals surface area contributed by atoms with Crippen molar-refractivity contribution in [2.45, 2.75) is 44.9 Å². The standard InChI is InChI=1S/C22H29N3O3/c26-20(8-7-18-15-17-5-1-2-6-19(17)23-21(18)27)24-13-9-16(10-14-24)22(28)25-11-3-4-12-25/h1-2,5-6,16,18H,3-4,7-15H2,(H,23,27). The number of anilines is 1. The molecule has 2 fully saturated rings. The number of likely N-dealkylation sites (tertiary alicyclic amines) is 2. The Kier molecular flexibility index (Phi) is 5.64. The summed E-state index contributed by atoms with van der Waals surface area (Å²) in [6, 6.07) is 7.85. The number of piperidine rings is 1. The van der Waals surface area contributed by atoms with Crippen LogP contribution in [0.25, 0.3) is 0 Å². The number of para-hydroxylation sites is 1. The second-order valence-corrected chi connectivity index (χ2v) is 8.27. The van der Waals surface area contributed by atoms with Gasteiger partial charge in [0.05, 0.1) is 0 Å². The maximum atomic E-state index is 12.6. The molecule has 0 spiro atoms. The van der Waals surface area contributed by atoms with E-state index in [9.17, 15) is 14.4 Å². The van der Waals surface area contributed by atoms with E-state index in [1.807, 2.05) is 34.1 Å². The predicted molar refractivity (Wildman–Crippen MR) is 107 cm³/mol. The monoisotopic (exact) mass is 383 g/mol. The third-order valence-corrected chi connectivity index (χ3v) is 6.43. The molecule has 150 valence electrons. The molecule has 3 amide bonds. The van der Waals surface area contributed by atoms with Gasteiger partial charge in [0.1, 0.15) is 0 Å². The molecule has 1 N–H and O–H groups in total. The minimum atomic E-state index is -0.145. The van der Waals surface area contributed by atoms with E-state index in [2.05, 4.69) is 5.32 Å². The predicted octanol–water partition coefficient (Wildman–Crippen LogP) is 2.44. The molecule has 1 aromatic carbocycles. The molecule has 0 saturated carbocycles. The van der Waals surface area contributed by atoms with Crippen molar-refractivity contribution in [1.82, 2.24) is 9.80 Å². The van der Waals surface area contributed by atoms with Gasteiger partial charge in [0, 0.05) is 50.1 Å². The first-order valence-electron chi connectivity index (χ1n) is 10.6. The van der Waals surface area contributed by atoms with Gasteiger partial charge in [0.15, 0.2) is 0 Å². The summed E-state index contributed by atoms with van der Waals surface area (Å²) in [5, 5.41) is 2.95. The van der Waals surface area contributed by atoms with Crippen LogP contribution < -0.4 is 5.32 Å². The Labute approximate surface area is 166 Å². The maximum absolute atomic E-state index is 12.6. The highest BCUT2D eigenvalue weighted by Crippen LogP contribution is 2.28. The third kappa shape index (κ3) is 4.05. The summed E-state index contributed by atoms with van der Waals surface area (Å²) >= 11 is 0. The van der Waals surface area contributed by atoms with Gasteiger partial charge in [-0.15, -0.1) is 0 Å². The largest absolute Gasteiger partial charge is 0.343 e. The van der Waals surface area contributed by atoms with Gasteiger partial charge in [-0.25, -0.2) is 0 Å². The molecule has 3 aliphatic heterocycles. The van der Waals surface area contributed by atoms with Gasteiger partial charge in [0.25, 0.3) is 0 Å². The van der Waals surface area contributed by atoms with E-state index in [-0.39, 0.29) is 29.6 Å². The summed E-state index contributed by atoms with van der Waals surface area (Å²) in [6.07, 6.45) is 5.42. The molecule has 4 rings (SSSR count). The van der Waals surface area contributed by atoms with Crippen LogP contribution in [0.3, 0.4) is 0 Å². The van der Waals surface area contributed by atoms with Gasteiger partial charge in [-0.05, 0) is 50.2 Å². The van der Waals surface area contributed by atoms with Crippen LogP contribution in [-0.2, 0) is 20.8 Å². The number of hydrogen-bond donors (Lipinski definition) is 1. The van der Waals surface area contributed by atoms with Crippen LogP contribution in [0.1, 0.15) is 44.1 Å². The maximum Gasteiger partial charge on any atom is 0.227 e. The molecule has 2 saturated heterocycles. The summed E-state index contributed by atoms with van der Waals surface area (Å²) < 4.78 is 0. The van der Waals surface area contributed by atoms with Gasteiger partial charge < -0.3 is 15.1 Å². The highest BCUT2D eigenvalue weighted by Gasteiger charge is 2.32. The average molecular weight is 383 g/mol. The van der Waals surface area contributed by atoms with Gasteiger partial charge in [-0.2, -0.15) is 0 Å². The minimum Gasteiger partial charge on any atom is -0.343 e. The third-order valence-electron chi connectivity index (χ3n) is 6.43. The molecular weight excluding hydrogens is 354 g/mol. The van der Waals surface area contributed by atoms with Crippen LogP contribution in [-0.4, -0.2) is 53.7 Å². The molecule has 0 bridgehead atoms. The van der Waals surface area contributed by atoms with Crippen LogP contribution in [0.5, 0.6) is 0 Å². The lowest BCUT2D eigenvalue weighted by atomic mass is 9.89. The number of hydrogen-bond acceptors (Lipinski definition) is 3. The lowest BCUT2D eigenvalue weighted by molar-refractivity contribution is -0.140. The van der Waals surface area contributed by atoms with Gasteiger partial charge in [0.2, 0.25) is 17.7 Å². The summed E-state index contributed by atoms with van der Waals surface area (Å²) in [4.78, 5) is 41.3. The molecule has 3 aliphatic rings. The van der Waals surface area contributed by atoms with E-state index in [0.717, 1.165) is 50.0 Å². The Hall–Kier alpha value is -2.37. The number of rotatable bonds is 4. The number of amides is 3. The molecule has 28 heavy (non-hydrogen) atoms. The number of nitrogens with one attached hydrogen (secondary N) is 1. The highest BCUT2D eigenvalue weighted by molar-refractivity contribution is 5.96. The molecule has 0 radical (unpaired) electrons. The lowest BCUT2D eigenvalue weighted by Gasteiger charge is -2.33. The average Bonchev–Trinajstić information content (AvgIpc) is 3.26. The Morgan fingerprint density at radius 1 is 1.00 bits per heavy atom. The van der Waals surface area contributed by atoms with E-state index in [1.165, 1.54) is 0 Å². The lowest BCUT2D eigenvalue weighted by Crippen LogP contribution is -2.44. The summed E-state index contributed by atoms with van der Waals surface area (Å²) in [5.74, 6) is 0.332. The van der Waals surface area contributed by atoms with Gasteiger partial charge in [-0.1, -0.05) is 18.2 Å². The van der Waals surface area contributed by atoms with Crippen molar-refractivity contribution in [3.05, 3.63) is 29.8 Å². The van der Waals surface area contributed by atoms with Crippen molar-refractivity contribution in [3.8, 4) is 0 Å². The quantitative estimate of drug-likeness (QED) is 0.868. The zero-order valence-corrected chi connectivity index (χ0v) is 16.4. The van der Waals surface area contributed by atoms with Crippen molar-refractivity contribution in [2.24, 2.45) is 11.8 Å². The molecule has 1 unspecified atom stereocenters. The first kappa shape index (κ1) is 19.0. The Bertz CT molecular complexity index is 749. The van der Waals surface area contributed by atoms with Gasteiger partial charge in [-0.3, -0.25) is 14.4 Å². The zero-order chi connectivity index (χ0) is 19.5. The van der Waals surface area contributed by atoms with E-state index in [4.69, 9.17) is 0 Å². The number of fused-ring (bicyclic) bond motifs is 1.